The van der Waals surface area contributed by atoms with Gasteiger partial charge in [-0.1, -0.05) is 11.3 Å². The van der Waals surface area contributed by atoms with Gasteiger partial charge in [-0.15, -0.1) is 0 Å². The number of aromatic nitrogens is 2. The van der Waals surface area contributed by atoms with Gasteiger partial charge in [-0.3, -0.25) is 9.48 Å². The van der Waals surface area contributed by atoms with E-state index in [-0.39, 0.29) is 0 Å². The number of nitrogen functional groups attached to an aromatic ring is 1. The quantitative estimate of drug-likeness (QED) is 0.717. The average molecular weight is 340 g/mol. The van der Waals surface area contributed by atoms with Gasteiger partial charge in [0.1, 0.15) is 5.75 Å². The largest absolute Gasteiger partial charge is 0.446 e. The van der Waals surface area contributed by atoms with Crippen LogP contribution in [0.4, 0.5) is 5.69 Å². The van der Waals surface area contributed by atoms with Crippen LogP contribution in [0.25, 0.3) is 11.3 Å². The molecule has 122 valence electrons. The molecular weight excluding hydrogens is 324 g/mol. The number of primary amides is 1. The second kappa shape index (κ2) is 5.38. The molecular formula is C17H16N4O2S. The minimum Gasteiger partial charge on any atom is -0.446 e. The first kappa shape index (κ1) is 14.8. The summed E-state index contributed by atoms with van der Waals surface area (Å²) in [6.07, 6.45) is 3.47. The normalized spacial score (nSPS) is 12.5. The van der Waals surface area contributed by atoms with Crippen LogP contribution in [0.2, 0.25) is 0 Å². The molecule has 0 saturated heterocycles. The van der Waals surface area contributed by atoms with Gasteiger partial charge in [0.15, 0.2) is 5.06 Å². The van der Waals surface area contributed by atoms with Crippen LogP contribution in [0.3, 0.4) is 0 Å². The van der Waals surface area contributed by atoms with Crippen LogP contribution in [-0.2, 0) is 19.9 Å². The van der Waals surface area contributed by atoms with Gasteiger partial charge in [0.2, 0.25) is 0 Å². The molecule has 4 N–H and O–H groups in total. The highest BCUT2D eigenvalue weighted by Gasteiger charge is 2.30. The summed E-state index contributed by atoms with van der Waals surface area (Å²) in [5.41, 5.74) is 16.0. The highest BCUT2D eigenvalue weighted by molar-refractivity contribution is 7.16. The lowest BCUT2D eigenvalue weighted by molar-refractivity contribution is 0.100. The Kier molecular flexibility index (Phi) is 3.31. The molecule has 6 nitrogen and oxygen atoms in total. The summed E-state index contributed by atoms with van der Waals surface area (Å²) in [4.78, 5) is 12.4. The van der Waals surface area contributed by atoms with Crippen molar-refractivity contribution >= 4 is 22.9 Å². The monoisotopic (exact) mass is 340 g/mol. The van der Waals surface area contributed by atoms with E-state index in [4.69, 9.17) is 16.2 Å². The van der Waals surface area contributed by atoms with Gasteiger partial charge >= 0.3 is 0 Å². The fourth-order valence-electron chi connectivity index (χ4n) is 3.08. The van der Waals surface area contributed by atoms with Crippen LogP contribution in [0, 0.1) is 0 Å². The van der Waals surface area contributed by atoms with Gasteiger partial charge in [-0.05, 0) is 48.2 Å². The summed E-state index contributed by atoms with van der Waals surface area (Å²) in [6.45, 7) is 0. The van der Waals surface area contributed by atoms with Gasteiger partial charge in [-0.25, -0.2) is 0 Å². The topological polar surface area (TPSA) is 96.2 Å². The molecule has 1 aromatic carbocycles. The van der Waals surface area contributed by atoms with E-state index in [1.165, 1.54) is 11.3 Å². The average Bonchev–Trinajstić information content (AvgIpc) is 3.11. The summed E-state index contributed by atoms with van der Waals surface area (Å²) in [7, 11) is 1.89. The summed E-state index contributed by atoms with van der Waals surface area (Å²) in [6, 6.07) is 7.16. The molecule has 7 heteroatoms. The second-order valence-electron chi connectivity index (χ2n) is 5.75. The maximum absolute atomic E-state index is 11.9. The molecule has 2 aromatic heterocycles. The molecule has 0 radical (unpaired) electrons. The van der Waals surface area contributed by atoms with Crippen molar-refractivity contribution in [2.24, 2.45) is 12.8 Å². The lowest BCUT2D eigenvalue weighted by atomic mass is 9.91. The number of nitrogens with two attached hydrogens (primary N) is 2. The van der Waals surface area contributed by atoms with Gasteiger partial charge in [0.25, 0.3) is 5.91 Å². The smallest absolute Gasteiger partial charge is 0.259 e. The van der Waals surface area contributed by atoms with Crippen molar-refractivity contribution < 1.29 is 9.53 Å². The zero-order valence-electron chi connectivity index (χ0n) is 13.1. The molecule has 0 atom stereocenters. The standard InChI is InChI=1S/C17H16N4O2S/c1-21-14-9(8-20-21)2-7-12-13(14)17(24-15(12)16(19)22)23-11-5-3-10(18)4-6-11/h3-6,8H,2,7,18H2,1H3,(H2,19,22). The molecule has 24 heavy (non-hydrogen) atoms. The molecule has 0 unspecified atom stereocenters. The molecule has 0 spiro atoms. The van der Waals surface area contributed by atoms with Crippen LogP contribution < -0.4 is 16.2 Å². The Morgan fingerprint density at radius 2 is 2.04 bits per heavy atom. The molecule has 2 heterocycles. The number of ether oxygens (including phenoxy) is 1. The van der Waals surface area contributed by atoms with E-state index in [2.05, 4.69) is 5.10 Å². The van der Waals surface area contributed by atoms with Crippen LogP contribution in [0.5, 0.6) is 10.8 Å². The van der Waals surface area contributed by atoms with Crippen LogP contribution in [-0.4, -0.2) is 15.7 Å². The molecule has 0 saturated carbocycles. The molecule has 0 fully saturated rings. The van der Waals surface area contributed by atoms with E-state index in [9.17, 15) is 4.79 Å². The van der Waals surface area contributed by atoms with E-state index in [1.54, 1.807) is 24.3 Å². The van der Waals surface area contributed by atoms with E-state index < -0.39 is 5.91 Å². The van der Waals surface area contributed by atoms with E-state index in [1.807, 2.05) is 17.9 Å². The zero-order valence-corrected chi connectivity index (χ0v) is 13.9. The third-order valence-electron chi connectivity index (χ3n) is 4.18. The maximum atomic E-state index is 11.9. The van der Waals surface area contributed by atoms with Gasteiger partial charge < -0.3 is 16.2 Å². The molecule has 1 aliphatic rings. The van der Waals surface area contributed by atoms with Crippen molar-refractivity contribution in [3.05, 3.63) is 46.5 Å². The number of hydrogen-bond acceptors (Lipinski definition) is 5. The second-order valence-corrected chi connectivity index (χ2v) is 6.73. The maximum Gasteiger partial charge on any atom is 0.259 e. The number of fused-ring (bicyclic) bond motifs is 3. The first-order chi connectivity index (χ1) is 11.5. The number of amides is 1. The Balaban J connectivity index is 1.87. The predicted octanol–water partition coefficient (Wildman–Crippen LogP) is 2.72. The fourth-order valence-corrected chi connectivity index (χ4v) is 4.16. The first-order valence-electron chi connectivity index (χ1n) is 7.54. The fraction of sp³-hybridized carbons (Fsp3) is 0.176. The molecule has 4 rings (SSSR count). The number of benzene rings is 1. The van der Waals surface area contributed by atoms with Crippen molar-refractivity contribution in [1.29, 1.82) is 0 Å². The van der Waals surface area contributed by atoms with E-state index >= 15 is 0 Å². The number of aryl methyl sites for hydroxylation is 2. The number of hydrogen-bond donors (Lipinski definition) is 2. The van der Waals surface area contributed by atoms with Gasteiger partial charge in [-0.2, -0.15) is 5.10 Å². The van der Waals surface area contributed by atoms with E-state index in [0.717, 1.165) is 35.2 Å². The number of carbonyl (C=O) groups is 1. The Bertz CT molecular complexity index is 940. The Morgan fingerprint density at radius 1 is 1.29 bits per heavy atom. The summed E-state index contributed by atoms with van der Waals surface area (Å²) in [5.74, 6) is 0.243. The third kappa shape index (κ3) is 2.25. The van der Waals surface area contributed by atoms with Crippen LogP contribution in [0.15, 0.2) is 30.5 Å². The minimum absolute atomic E-state index is 0.422. The lowest BCUT2D eigenvalue weighted by Gasteiger charge is -2.16. The summed E-state index contributed by atoms with van der Waals surface area (Å²) < 4.78 is 7.88. The summed E-state index contributed by atoms with van der Waals surface area (Å²) >= 11 is 1.29. The number of carbonyl (C=O) groups excluding carboxylic acids is 1. The Morgan fingerprint density at radius 3 is 2.75 bits per heavy atom. The van der Waals surface area contributed by atoms with Crippen molar-refractivity contribution in [3.8, 4) is 22.1 Å². The molecule has 3 aromatic rings. The van der Waals surface area contributed by atoms with Crippen LogP contribution in [0.1, 0.15) is 20.8 Å². The summed E-state index contributed by atoms with van der Waals surface area (Å²) in [5, 5.41) is 5.00. The van der Waals surface area contributed by atoms with Crippen molar-refractivity contribution in [1.82, 2.24) is 9.78 Å². The number of rotatable bonds is 3. The van der Waals surface area contributed by atoms with Crippen molar-refractivity contribution in [3.63, 3.8) is 0 Å². The van der Waals surface area contributed by atoms with Gasteiger partial charge in [0.05, 0.1) is 22.3 Å². The molecule has 1 aliphatic carbocycles. The first-order valence-corrected chi connectivity index (χ1v) is 8.36. The minimum atomic E-state index is -0.422. The SMILES string of the molecule is Cn1ncc2c1-c1c(Oc3ccc(N)cc3)sc(C(N)=O)c1CC2. The van der Waals surface area contributed by atoms with Crippen molar-refractivity contribution in [2.45, 2.75) is 12.8 Å². The van der Waals surface area contributed by atoms with Crippen LogP contribution >= 0.6 is 11.3 Å². The third-order valence-corrected chi connectivity index (χ3v) is 5.31. The predicted molar refractivity (Wildman–Crippen MR) is 93.4 cm³/mol. The number of nitrogens with zero attached hydrogens (tertiary/aromatic N) is 2. The molecule has 0 aliphatic heterocycles. The highest BCUT2D eigenvalue weighted by atomic mass is 32.1. The van der Waals surface area contributed by atoms with Crippen molar-refractivity contribution in [2.75, 3.05) is 5.73 Å². The molecule has 0 bridgehead atoms. The number of thiophene rings is 1. The zero-order chi connectivity index (χ0) is 16.8. The molecule has 1 amide bonds. The Hall–Kier alpha value is -2.80. The van der Waals surface area contributed by atoms with Gasteiger partial charge in [0, 0.05) is 12.7 Å². The lowest BCUT2D eigenvalue weighted by Crippen LogP contribution is -2.13. The van der Waals surface area contributed by atoms with E-state index in [0.29, 0.717) is 21.4 Å². The Labute approximate surface area is 142 Å². The number of anilines is 1. The highest BCUT2D eigenvalue weighted by Crippen LogP contribution is 2.48.